The summed E-state index contributed by atoms with van der Waals surface area (Å²) in [7, 11) is 2.02. The summed E-state index contributed by atoms with van der Waals surface area (Å²) in [6, 6.07) is 1.57. The van der Waals surface area contributed by atoms with Gasteiger partial charge < -0.3 is 10.0 Å². The molecule has 0 aliphatic heterocycles. The number of aliphatic hydroxyl groups is 1. The standard InChI is InChI=1S/C14H22N4O2S/c1-3-12-16-18-13(20)9-11(15-14(18)21-12)10-17(2)7-5-4-6-8-19/h9,19H,3-8,10H2,1-2H3. The van der Waals surface area contributed by atoms with E-state index in [9.17, 15) is 4.79 Å². The van der Waals surface area contributed by atoms with Crippen LogP contribution in [0, 0.1) is 0 Å². The summed E-state index contributed by atoms with van der Waals surface area (Å²) < 4.78 is 1.38. The van der Waals surface area contributed by atoms with Gasteiger partial charge in [0.25, 0.3) is 5.56 Å². The summed E-state index contributed by atoms with van der Waals surface area (Å²) in [6.07, 6.45) is 3.72. The molecule has 0 unspecified atom stereocenters. The van der Waals surface area contributed by atoms with E-state index in [4.69, 9.17) is 5.11 Å². The molecular weight excluding hydrogens is 288 g/mol. The van der Waals surface area contributed by atoms with Gasteiger partial charge in [-0.2, -0.15) is 9.61 Å². The van der Waals surface area contributed by atoms with Crippen LogP contribution in [0.2, 0.25) is 0 Å². The minimum atomic E-state index is -0.111. The van der Waals surface area contributed by atoms with Crippen molar-refractivity contribution >= 4 is 16.3 Å². The Morgan fingerprint density at radius 1 is 1.38 bits per heavy atom. The minimum absolute atomic E-state index is 0.111. The molecule has 6 nitrogen and oxygen atoms in total. The van der Waals surface area contributed by atoms with Crippen molar-refractivity contribution in [2.75, 3.05) is 20.2 Å². The molecule has 0 atom stereocenters. The van der Waals surface area contributed by atoms with Crippen LogP contribution in [0.4, 0.5) is 0 Å². The average Bonchev–Trinajstić information content (AvgIpc) is 2.87. The first-order valence-corrected chi connectivity index (χ1v) is 8.13. The normalized spacial score (nSPS) is 11.6. The summed E-state index contributed by atoms with van der Waals surface area (Å²) in [5, 5.41) is 13.9. The van der Waals surface area contributed by atoms with Crippen LogP contribution in [0.25, 0.3) is 4.96 Å². The molecule has 0 fully saturated rings. The van der Waals surface area contributed by atoms with E-state index < -0.39 is 0 Å². The molecular formula is C14H22N4O2S. The number of rotatable bonds is 8. The van der Waals surface area contributed by atoms with E-state index in [0.29, 0.717) is 11.5 Å². The number of aliphatic hydroxyl groups excluding tert-OH is 1. The predicted molar refractivity (Wildman–Crippen MR) is 83.8 cm³/mol. The average molecular weight is 310 g/mol. The molecule has 2 aromatic heterocycles. The zero-order valence-electron chi connectivity index (χ0n) is 12.6. The molecule has 0 aliphatic rings. The lowest BCUT2D eigenvalue weighted by atomic mass is 10.2. The fourth-order valence-electron chi connectivity index (χ4n) is 2.15. The molecule has 21 heavy (non-hydrogen) atoms. The van der Waals surface area contributed by atoms with Crippen molar-refractivity contribution in [3.8, 4) is 0 Å². The number of aromatic nitrogens is 3. The first-order chi connectivity index (χ1) is 10.1. The third-order valence-corrected chi connectivity index (χ3v) is 4.32. The largest absolute Gasteiger partial charge is 0.396 e. The van der Waals surface area contributed by atoms with Gasteiger partial charge in [-0.15, -0.1) is 0 Å². The van der Waals surface area contributed by atoms with Crippen molar-refractivity contribution in [2.45, 2.75) is 39.2 Å². The first kappa shape index (κ1) is 16.1. The van der Waals surface area contributed by atoms with E-state index in [-0.39, 0.29) is 12.2 Å². The van der Waals surface area contributed by atoms with E-state index in [1.807, 2.05) is 14.0 Å². The summed E-state index contributed by atoms with van der Waals surface area (Å²) in [6.45, 7) is 3.86. The second-order valence-corrected chi connectivity index (χ2v) is 6.19. The van der Waals surface area contributed by atoms with Crippen LogP contribution in [0.1, 0.15) is 36.9 Å². The van der Waals surface area contributed by atoms with Crippen LogP contribution in [0.15, 0.2) is 10.9 Å². The van der Waals surface area contributed by atoms with Crippen LogP contribution in [0.3, 0.4) is 0 Å². The molecule has 2 rings (SSSR count). The van der Waals surface area contributed by atoms with Gasteiger partial charge in [-0.1, -0.05) is 18.3 Å². The first-order valence-electron chi connectivity index (χ1n) is 7.32. The monoisotopic (exact) mass is 310 g/mol. The molecule has 0 aliphatic carbocycles. The van der Waals surface area contributed by atoms with Gasteiger partial charge in [-0.25, -0.2) is 4.98 Å². The minimum Gasteiger partial charge on any atom is -0.396 e. The Labute approximate surface area is 128 Å². The number of unbranched alkanes of at least 4 members (excludes halogenated alkanes) is 2. The Balaban J connectivity index is 2.03. The van der Waals surface area contributed by atoms with Crippen LogP contribution in [-0.2, 0) is 13.0 Å². The second-order valence-electron chi connectivity index (χ2n) is 5.15. The quantitative estimate of drug-likeness (QED) is 0.744. The van der Waals surface area contributed by atoms with E-state index in [0.717, 1.165) is 42.9 Å². The molecule has 0 saturated heterocycles. The molecule has 0 saturated carbocycles. The van der Waals surface area contributed by atoms with Crippen LogP contribution in [-0.4, -0.2) is 44.8 Å². The van der Waals surface area contributed by atoms with Gasteiger partial charge in [-0.3, -0.25) is 4.79 Å². The molecule has 116 valence electrons. The summed E-state index contributed by atoms with van der Waals surface area (Å²) in [5.41, 5.74) is 0.676. The summed E-state index contributed by atoms with van der Waals surface area (Å²) in [4.78, 5) is 19.4. The number of fused-ring (bicyclic) bond motifs is 1. The number of aryl methyl sites for hydroxylation is 1. The lowest BCUT2D eigenvalue weighted by Crippen LogP contribution is -2.23. The van der Waals surface area contributed by atoms with Gasteiger partial charge >= 0.3 is 0 Å². The van der Waals surface area contributed by atoms with E-state index in [2.05, 4.69) is 15.0 Å². The van der Waals surface area contributed by atoms with Gasteiger partial charge in [-0.05, 0) is 39.3 Å². The molecule has 7 heteroatoms. The maximum Gasteiger partial charge on any atom is 0.275 e. The zero-order chi connectivity index (χ0) is 15.2. The van der Waals surface area contributed by atoms with E-state index >= 15 is 0 Å². The van der Waals surface area contributed by atoms with Crippen molar-refractivity contribution in [1.29, 1.82) is 0 Å². The van der Waals surface area contributed by atoms with Crippen LogP contribution in [0.5, 0.6) is 0 Å². The fraction of sp³-hybridized carbons (Fsp3) is 0.643. The van der Waals surface area contributed by atoms with E-state index in [1.54, 1.807) is 6.07 Å². The Hall–Kier alpha value is -1.31. The molecule has 0 bridgehead atoms. The fourth-order valence-corrected chi connectivity index (χ4v) is 3.00. The van der Waals surface area contributed by atoms with E-state index in [1.165, 1.54) is 15.9 Å². The number of nitrogens with zero attached hydrogens (tertiary/aromatic N) is 4. The van der Waals surface area contributed by atoms with Crippen molar-refractivity contribution in [2.24, 2.45) is 0 Å². The molecule has 1 N–H and O–H groups in total. The Kier molecular flexibility index (Phi) is 5.84. The van der Waals surface area contributed by atoms with Gasteiger partial charge in [0.05, 0.1) is 5.69 Å². The highest BCUT2D eigenvalue weighted by molar-refractivity contribution is 7.16. The molecule has 0 amide bonds. The Morgan fingerprint density at radius 3 is 2.90 bits per heavy atom. The number of hydrogen-bond acceptors (Lipinski definition) is 6. The highest BCUT2D eigenvalue weighted by Crippen LogP contribution is 2.12. The van der Waals surface area contributed by atoms with Crippen LogP contribution < -0.4 is 5.56 Å². The molecule has 2 heterocycles. The maximum absolute atomic E-state index is 12.0. The SMILES string of the molecule is CCc1nn2c(=O)cc(CN(C)CCCCCO)nc2s1. The van der Waals surface area contributed by atoms with Crippen molar-refractivity contribution in [1.82, 2.24) is 19.5 Å². The Bertz CT molecular complexity index is 637. The smallest absolute Gasteiger partial charge is 0.275 e. The molecule has 0 spiro atoms. The lowest BCUT2D eigenvalue weighted by Gasteiger charge is -2.15. The topological polar surface area (TPSA) is 70.7 Å². The maximum atomic E-state index is 12.0. The van der Waals surface area contributed by atoms with Crippen molar-refractivity contribution in [3.05, 3.63) is 27.1 Å². The molecule has 0 aromatic carbocycles. The van der Waals surface area contributed by atoms with Gasteiger partial charge in [0, 0.05) is 19.2 Å². The van der Waals surface area contributed by atoms with Crippen molar-refractivity contribution in [3.63, 3.8) is 0 Å². The van der Waals surface area contributed by atoms with Gasteiger partial charge in [0.1, 0.15) is 5.01 Å². The molecule has 2 aromatic rings. The lowest BCUT2D eigenvalue weighted by molar-refractivity contribution is 0.270. The third kappa shape index (κ3) is 4.33. The third-order valence-electron chi connectivity index (χ3n) is 3.27. The van der Waals surface area contributed by atoms with Gasteiger partial charge in [0.2, 0.25) is 4.96 Å². The summed E-state index contributed by atoms with van der Waals surface area (Å²) >= 11 is 1.47. The van der Waals surface area contributed by atoms with Gasteiger partial charge in [0.15, 0.2) is 0 Å². The Morgan fingerprint density at radius 2 is 2.19 bits per heavy atom. The highest BCUT2D eigenvalue weighted by Gasteiger charge is 2.09. The number of hydrogen-bond donors (Lipinski definition) is 1. The second kappa shape index (κ2) is 7.63. The predicted octanol–water partition coefficient (Wildman–Crippen LogP) is 1.31. The molecule has 0 radical (unpaired) electrons. The zero-order valence-corrected chi connectivity index (χ0v) is 13.4. The highest BCUT2D eigenvalue weighted by atomic mass is 32.1. The van der Waals surface area contributed by atoms with Crippen molar-refractivity contribution < 1.29 is 5.11 Å². The van der Waals surface area contributed by atoms with Crippen LogP contribution >= 0.6 is 11.3 Å². The summed E-state index contributed by atoms with van der Waals surface area (Å²) in [5.74, 6) is 0.